The van der Waals surface area contributed by atoms with E-state index in [0.717, 1.165) is 23.1 Å². The van der Waals surface area contributed by atoms with Crippen molar-refractivity contribution in [2.45, 2.75) is 71.1 Å². The smallest absolute Gasteiger partial charge is 0.219 e. The molecule has 0 N–H and O–H groups in total. The minimum atomic E-state index is 0.210. The minimum Gasteiger partial charge on any atom is -0.282 e. The van der Waals surface area contributed by atoms with E-state index in [1.54, 1.807) is 0 Å². The number of rotatable bonds is 12. The third kappa shape index (κ3) is 7.64. The van der Waals surface area contributed by atoms with Crippen molar-refractivity contribution in [1.82, 2.24) is 0 Å². The molecule has 2 rings (SSSR count). The number of carbonyl (C=O) groups excluding carboxylic acids is 1. The molecule has 0 saturated carbocycles. The lowest BCUT2D eigenvalue weighted by atomic mass is 10.1. The van der Waals surface area contributed by atoms with Crippen LogP contribution in [0.3, 0.4) is 0 Å². The Morgan fingerprint density at radius 3 is 2.04 bits per heavy atom. The van der Waals surface area contributed by atoms with Crippen molar-refractivity contribution in [3.8, 4) is 0 Å². The van der Waals surface area contributed by atoms with E-state index in [2.05, 4.69) is 19.1 Å². The van der Waals surface area contributed by atoms with E-state index in [1.165, 1.54) is 74.9 Å². The molecule has 0 heterocycles. The lowest BCUT2D eigenvalue weighted by Gasteiger charge is -2.04. The maximum Gasteiger partial charge on any atom is 0.219 e. The molecule has 0 radical (unpaired) electrons. The molecule has 0 saturated heterocycles. The first-order valence-corrected chi connectivity index (χ1v) is 11.0. The number of carbonyl (C=O) groups is 1. The molecule has 0 atom stereocenters. The molecule has 0 aromatic heterocycles. The quantitative estimate of drug-likeness (QED) is 0.363. The van der Waals surface area contributed by atoms with Crippen molar-refractivity contribution in [1.29, 1.82) is 0 Å². The van der Waals surface area contributed by atoms with Crippen LogP contribution in [0.4, 0.5) is 0 Å². The normalized spacial score (nSPS) is 11.1. The van der Waals surface area contributed by atoms with Gasteiger partial charge in [-0.2, -0.15) is 0 Å². The second kappa shape index (κ2) is 12.1. The highest BCUT2D eigenvalue weighted by molar-refractivity contribution is 8.14. The summed E-state index contributed by atoms with van der Waals surface area (Å²) < 4.78 is 0. The van der Waals surface area contributed by atoms with E-state index in [0.29, 0.717) is 0 Å². The number of hydrogen-bond donors (Lipinski definition) is 0. The Kier molecular flexibility index (Phi) is 9.73. The number of thioether (sulfide) groups is 1. The SMILES string of the molecule is CCCCCCCCCCCCSC(=O)c1ccc2ccccc2c1. The fourth-order valence-electron chi connectivity index (χ4n) is 3.15. The van der Waals surface area contributed by atoms with Crippen LogP contribution < -0.4 is 0 Å². The monoisotopic (exact) mass is 356 g/mol. The maximum atomic E-state index is 12.3. The number of hydrogen-bond acceptors (Lipinski definition) is 2. The Balaban J connectivity index is 1.55. The molecule has 0 fully saturated rings. The van der Waals surface area contributed by atoms with Crippen LogP contribution in [0.2, 0.25) is 0 Å². The predicted molar refractivity (Wildman–Crippen MR) is 113 cm³/mol. The summed E-state index contributed by atoms with van der Waals surface area (Å²) >= 11 is 1.48. The van der Waals surface area contributed by atoms with Crippen LogP contribution in [-0.2, 0) is 0 Å². The molecule has 25 heavy (non-hydrogen) atoms. The molecular weight excluding hydrogens is 324 g/mol. The topological polar surface area (TPSA) is 17.1 Å². The second-order valence-corrected chi connectivity index (χ2v) is 7.95. The fourth-order valence-corrected chi connectivity index (χ4v) is 3.98. The molecule has 136 valence electrons. The third-order valence-electron chi connectivity index (χ3n) is 4.72. The van der Waals surface area contributed by atoms with Crippen LogP contribution in [0.1, 0.15) is 81.5 Å². The molecule has 0 bridgehead atoms. The van der Waals surface area contributed by atoms with Crippen LogP contribution in [0.5, 0.6) is 0 Å². The molecule has 2 aromatic carbocycles. The van der Waals surface area contributed by atoms with Gasteiger partial charge < -0.3 is 0 Å². The van der Waals surface area contributed by atoms with Gasteiger partial charge in [-0.05, 0) is 29.3 Å². The van der Waals surface area contributed by atoms with Crippen molar-refractivity contribution < 1.29 is 4.79 Å². The van der Waals surface area contributed by atoms with Gasteiger partial charge >= 0.3 is 0 Å². The van der Waals surface area contributed by atoms with E-state index in [-0.39, 0.29) is 5.12 Å². The van der Waals surface area contributed by atoms with Crippen molar-refractivity contribution in [3.05, 3.63) is 48.0 Å². The zero-order chi connectivity index (χ0) is 17.7. The van der Waals surface area contributed by atoms with Crippen molar-refractivity contribution >= 4 is 27.6 Å². The summed E-state index contributed by atoms with van der Waals surface area (Å²) in [7, 11) is 0. The fraction of sp³-hybridized carbons (Fsp3) is 0.522. The van der Waals surface area contributed by atoms with Gasteiger partial charge in [0, 0.05) is 11.3 Å². The minimum absolute atomic E-state index is 0.210. The van der Waals surface area contributed by atoms with Crippen LogP contribution in [0.15, 0.2) is 42.5 Å². The Morgan fingerprint density at radius 1 is 0.760 bits per heavy atom. The van der Waals surface area contributed by atoms with Crippen molar-refractivity contribution in [2.75, 3.05) is 5.75 Å². The Bertz CT molecular complexity index is 635. The molecule has 0 aliphatic heterocycles. The van der Waals surface area contributed by atoms with Crippen LogP contribution in [0.25, 0.3) is 10.8 Å². The first-order chi connectivity index (χ1) is 12.3. The van der Waals surface area contributed by atoms with E-state index >= 15 is 0 Å². The molecule has 2 aromatic rings. The predicted octanol–water partition coefficient (Wildman–Crippen LogP) is 7.63. The Hall–Kier alpha value is -1.28. The van der Waals surface area contributed by atoms with E-state index < -0.39 is 0 Å². The lowest BCUT2D eigenvalue weighted by molar-refractivity contribution is 0.108. The summed E-state index contributed by atoms with van der Waals surface area (Å²) in [5, 5.41) is 2.55. The van der Waals surface area contributed by atoms with E-state index in [4.69, 9.17) is 0 Å². The van der Waals surface area contributed by atoms with Crippen molar-refractivity contribution in [2.24, 2.45) is 0 Å². The Labute approximate surface area is 157 Å². The van der Waals surface area contributed by atoms with Gasteiger partial charge in [-0.15, -0.1) is 0 Å². The van der Waals surface area contributed by atoms with Gasteiger partial charge in [-0.1, -0.05) is 107 Å². The first-order valence-electron chi connectivity index (χ1n) is 9.97. The van der Waals surface area contributed by atoms with Crippen LogP contribution >= 0.6 is 11.8 Å². The van der Waals surface area contributed by atoms with Gasteiger partial charge in [0.25, 0.3) is 0 Å². The summed E-state index contributed by atoms with van der Waals surface area (Å²) in [4.78, 5) is 12.3. The van der Waals surface area contributed by atoms with Gasteiger partial charge in [-0.3, -0.25) is 4.79 Å². The molecule has 1 nitrogen and oxygen atoms in total. The van der Waals surface area contributed by atoms with Gasteiger partial charge in [0.05, 0.1) is 0 Å². The first kappa shape index (κ1) is 20.0. The molecular formula is C23H32OS. The highest BCUT2D eigenvalue weighted by Gasteiger charge is 2.07. The highest BCUT2D eigenvalue weighted by Crippen LogP contribution is 2.20. The maximum absolute atomic E-state index is 12.3. The van der Waals surface area contributed by atoms with Gasteiger partial charge in [0.15, 0.2) is 0 Å². The molecule has 0 aliphatic rings. The molecule has 0 unspecified atom stereocenters. The summed E-state index contributed by atoms with van der Waals surface area (Å²) in [6, 6.07) is 14.2. The highest BCUT2D eigenvalue weighted by atomic mass is 32.2. The summed E-state index contributed by atoms with van der Waals surface area (Å²) in [5.74, 6) is 0.947. The van der Waals surface area contributed by atoms with Crippen molar-refractivity contribution in [3.63, 3.8) is 0 Å². The summed E-state index contributed by atoms with van der Waals surface area (Å²) in [5.41, 5.74) is 0.829. The second-order valence-electron chi connectivity index (χ2n) is 6.88. The number of benzene rings is 2. The molecule has 0 spiro atoms. The van der Waals surface area contributed by atoms with E-state index in [9.17, 15) is 4.79 Å². The number of unbranched alkanes of at least 4 members (excludes halogenated alkanes) is 9. The zero-order valence-electron chi connectivity index (χ0n) is 15.6. The molecule has 0 aliphatic carbocycles. The van der Waals surface area contributed by atoms with Crippen LogP contribution in [0, 0.1) is 0 Å². The molecule has 0 amide bonds. The Morgan fingerprint density at radius 2 is 1.36 bits per heavy atom. The average Bonchev–Trinajstić information content (AvgIpc) is 2.65. The zero-order valence-corrected chi connectivity index (χ0v) is 16.5. The van der Waals surface area contributed by atoms with Gasteiger partial charge in [-0.25, -0.2) is 0 Å². The van der Waals surface area contributed by atoms with Gasteiger partial charge in [0.2, 0.25) is 5.12 Å². The summed E-state index contributed by atoms with van der Waals surface area (Å²) in [6.45, 7) is 2.27. The summed E-state index contributed by atoms with van der Waals surface area (Å²) in [6.07, 6.45) is 13.4. The standard InChI is InChI=1S/C23H32OS/c1-2-3-4-5-6-7-8-9-10-13-18-25-23(24)22-17-16-20-14-11-12-15-21(20)19-22/h11-12,14-17,19H,2-10,13,18H2,1H3. The number of fused-ring (bicyclic) bond motifs is 1. The van der Waals surface area contributed by atoms with E-state index in [1.807, 2.05) is 30.3 Å². The molecule has 2 heteroatoms. The average molecular weight is 357 g/mol. The van der Waals surface area contributed by atoms with Gasteiger partial charge in [0.1, 0.15) is 0 Å². The van der Waals surface area contributed by atoms with Crippen LogP contribution in [-0.4, -0.2) is 10.9 Å². The third-order valence-corrected chi connectivity index (χ3v) is 5.71. The lowest BCUT2D eigenvalue weighted by Crippen LogP contribution is -1.95. The largest absolute Gasteiger partial charge is 0.282 e.